The Morgan fingerprint density at radius 1 is 0.963 bits per heavy atom. The monoisotopic (exact) mass is 366 g/mol. The van der Waals surface area contributed by atoms with Gasteiger partial charge in [-0.3, -0.25) is 14.4 Å². The number of rotatable bonds is 5. The molecule has 1 amide bonds. The zero-order chi connectivity index (χ0) is 19.6. The first-order chi connectivity index (χ1) is 12.8. The van der Waals surface area contributed by atoms with Crippen LogP contribution in [0, 0.1) is 0 Å². The van der Waals surface area contributed by atoms with Crippen LogP contribution in [-0.2, 0) is 0 Å². The van der Waals surface area contributed by atoms with Crippen LogP contribution >= 0.6 is 0 Å². The Morgan fingerprint density at radius 3 is 2.19 bits per heavy atom. The number of carbonyl (C=O) groups is 1. The molecule has 1 unspecified atom stereocenters. The fraction of sp³-hybridized carbons (Fsp3) is 0.250. The van der Waals surface area contributed by atoms with Crippen LogP contribution in [0.25, 0.3) is 11.0 Å². The first kappa shape index (κ1) is 18.6. The molecular formula is C20H22N4O3. The molecule has 0 saturated heterocycles. The number of benzene rings is 2. The maximum Gasteiger partial charge on any atom is 0.314 e. The Balaban J connectivity index is 1.69. The smallest absolute Gasteiger partial charge is 0.314 e. The fourth-order valence-corrected chi connectivity index (χ4v) is 2.81. The largest absolute Gasteiger partial charge is 0.350 e. The van der Waals surface area contributed by atoms with Crippen molar-refractivity contribution in [3.63, 3.8) is 0 Å². The Labute approximate surface area is 155 Å². The molecular weight excluding hydrogens is 344 g/mol. The van der Waals surface area contributed by atoms with Crippen molar-refractivity contribution in [1.82, 2.24) is 15.3 Å². The first-order valence-electron chi connectivity index (χ1n) is 8.75. The van der Waals surface area contributed by atoms with E-state index in [1.807, 2.05) is 24.3 Å². The summed E-state index contributed by atoms with van der Waals surface area (Å²) in [5, 5.41) is 2.80. The van der Waals surface area contributed by atoms with Crippen LogP contribution in [0.4, 0.5) is 0 Å². The third-order valence-corrected chi connectivity index (χ3v) is 4.50. The Morgan fingerprint density at radius 2 is 1.56 bits per heavy atom. The van der Waals surface area contributed by atoms with Crippen molar-refractivity contribution in [1.29, 1.82) is 0 Å². The lowest BCUT2D eigenvalue weighted by atomic mass is 9.99. The van der Waals surface area contributed by atoms with Crippen LogP contribution in [0.15, 0.2) is 52.1 Å². The number of hydrogen-bond donors (Lipinski definition) is 4. The van der Waals surface area contributed by atoms with Crippen LogP contribution in [-0.4, -0.2) is 22.4 Å². The molecule has 27 heavy (non-hydrogen) atoms. The Kier molecular flexibility index (Phi) is 5.23. The SMILES string of the molecule is CC(C)c1ccc(C(N)CNC(=O)c2ccc3[nH]c(=O)c(=O)[nH]c3c2)cc1. The molecule has 0 aliphatic heterocycles. The zero-order valence-corrected chi connectivity index (χ0v) is 15.2. The summed E-state index contributed by atoms with van der Waals surface area (Å²) in [5.74, 6) is 0.141. The second-order valence-electron chi connectivity index (χ2n) is 6.81. The van der Waals surface area contributed by atoms with E-state index in [9.17, 15) is 14.4 Å². The summed E-state index contributed by atoms with van der Waals surface area (Å²) in [7, 11) is 0. The van der Waals surface area contributed by atoms with Gasteiger partial charge in [0, 0.05) is 18.2 Å². The molecule has 0 bridgehead atoms. The number of aromatic nitrogens is 2. The molecule has 2 aromatic carbocycles. The lowest BCUT2D eigenvalue weighted by molar-refractivity contribution is 0.0951. The molecule has 3 rings (SSSR count). The van der Waals surface area contributed by atoms with E-state index >= 15 is 0 Å². The molecule has 1 heterocycles. The molecule has 140 valence electrons. The van der Waals surface area contributed by atoms with Gasteiger partial charge in [0.1, 0.15) is 0 Å². The van der Waals surface area contributed by atoms with E-state index in [2.05, 4.69) is 29.1 Å². The first-order valence-corrected chi connectivity index (χ1v) is 8.75. The van der Waals surface area contributed by atoms with Crippen molar-refractivity contribution >= 4 is 16.9 Å². The lowest BCUT2D eigenvalue weighted by Crippen LogP contribution is -2.32. The molecule has 0 aliphatic carbocycles. The highest BCUT2D eigenvalue weighted by molar-refractivity contribution is 5.97. The van der Waals surface area contributed by atoms with Crippen molar-refractivity contribution < 1.29 is 4.79 Å². The van der Waals surface area contributed by atoms with E-state index in [-0.39, 0.29) is 18.5 Å². The Hall–Kier alpha value is -3.19. The van der Waals surface area contributed by atoms with Crippen molar-refractivity contribution in [2.45, 2.75) is 25.8 Å². The third kappa shape index (κ3) is 4.15. The minimum absolute atomic E-state index is 0.278. The maximum atomic E-state index is 12.4. The molecule has 7 nitrogen and oxygen atoms in total. The topological polar surface area (TPSA) is 121 Å². The molecule has 0 spiro atoms. The van der Waals surface area contributed by atoms with Crippen LogP contribution < -0.4 is 22.2 Å². The van der Waals surface area contributed by atoms with E-state index < -0.39 is 11.1 Å². The highest BCUT2D eigenvalue weighted by Crippen LogP contribution is 2.17. The van der Waals surface area contributed by atoms with Crippen LogP contribution in [0.3, 0.4) is 0 Å². The molecule has 0 radical (unpaired) electrons. The number of H-pyrrole nitrogens is 2. The second-order valence-corrected chi connectivity index (χ2v) is 6.81. The van der Waals surface area contributed by atoms with Crippen molar-refractivity contribution in [3.8, 4) is 0 Å². The summed E-state index contributed by atoms with van der Waals surface area (Å²) in [6.45, 7) is 4.53. The second kappa shape index (κ2) is 7.59. The predicted octanol–water partition coefficient (Wildman–Crippen LogP) is 1.77. The van der Waals surface area contributed by atoms with Crippen LogP contribution in [0.2, 0.25) is 0 Å². The van der Waals surface area contributed by atoms with Crippen molar-refractivity contribution in [3.05, 3.63) is 79.9 Å². The van der Waals surface area contributed by atoms with Gasteiger partial charge in [0.2, 0.25) is 0 Å². The number of carbonyl (C=O) groups excluding carboxylic acids is 1. The summed E-state index contributed by atoms with van der Waals surface area (Å²) in [5.41, 5.74) is 8.08. The number of nitrogens with two attached hydrogens (primary N) is 1. The van der Waals surface area contributed by atoms with Gasteiger partial charge in [0.25, 0.3) is 5.91 Å². The highest BCUT2D eigenvalue weighted by Gasteiger charge is 2.11. The summed E-state index contributed by atoms with van der Waals surface area (Å²) in [6.07, 6.45) is 0. The summed E-state index contributed by atoms with van der Waals surface area (Å²) < 4.78 is 0. The van der Waals surface area contributed by atoms with Gasteiger partial charge >= 0.3 is 11.1 Å². The van der Waals surface area contributed by atoms with Crippen LogP contribution in [0.1, 0.15) is 47.3 Å². The average molecular weight is 366 g/mol. The van der Waals surface area contributed by atoms with E-state index in [1.54, 1.807) is 12.1 Å². The van der Waals surface area contributed by atoms with Crippen LogP contribution in [0.5, 0.6) is 0 Å². The highest BCUT2D eigenvalue weighted by atomic mass is 16.2. The molecule has 1 aromatic heterocycles. The number of fused-ring (bicyclic) bond motifs is 1. The number of nitrogens with one attached hydrogen (secondary N) is 3. The molecule has 0 fully saturated rings. The van der Waals surface area contributed by atoms with Crippen molar-refractivity contribution in [2.24, 2.45) is 5.73 Å². The number of aromatic amines is 2. The van der Waals surface area contributed by atoms with Gasteiger partial charge in [-0.25, -0.2) is 0 Å². The fourth-order valence-electron chi connectivity index (χ4n) is 2.81. The molecule has 5 N–H and O–H groups in total. The minimum atomic E-state index is -0.757. The van der Waals surface area contributed by atoms with E-state index in [0.29, 0.717) is 22.5 Å². The normalized spacial score (nSPS) is 12.3. The molecule has 0 saturated carbocycles. The van der Waals surface area contributed by atoms with Gasteiger partial charge in [0.15, 0.2) is 0 Å². The summed E-state index contributed by atoms with van der Waals surface area (Å²) in [6, 6.07) is 12.4. The van der Waals surface area contributed by atoms with Gasteiger partial charge < -0.3 is 21.0 Å². The maximum absolute atomic E-state index is 12.4. The van der Waals surface area contributed by atoms with Gasteiger partial charge in [-0.05, 0) is 35.2 Å². The summed E-state index contributed by atoms with van der Waals surface area (Å²) in [4.78, 5) is 40.1. The van der Waals surface area contributed by atoms with E-state index in [1.165, 1.54) is 11.6 Å². The van der Waals surface area contributed by atoms with Crippen molar-refractivity contribution in [2.75, 3.05) is 6.54 Å². The number of amides is 1. The van der Waals surface area contributed by atoms with E-state index in [4.69, 9.17) is 5.73 Å². The molecule has 0 aliphatic rings. The lowest BCUT2D eigenvalue weighted by Gasteiger charge is -2.15. The summed E-state index contributed by atoms with van der Waals surface area (Å²) >= 11 is 0. The van der Waals surface area contributed by atoms with Gasteiger partial charge in [-0.1, -0.05) is 38.1 Å². The molecule has 7 heteroatoms. The zero-order valence-electron chi connectivity index (χ0n) is 15.2. The quantitative estimate of drug-likeness (QED) is 0.514. The number of hydrogen-bond acceptors (Lipinski definition) is 4. The standard InChI is InChI=1S/C20H22N4O3/c1-11(2)12-3-5-13(6-4-12)15(21)10-22-18(25)14-7-8-16-17(9-14)24-20(27)19(26)23-16/h3-9,11,15H,10,21H2,1-2H3,(H,22,25)(H,23,26)(H,24,27). The van der Waals surface area contributed by atoms with Gasteiger partial charge in [-0.2, -0.15) is 0 Å². The third-order valence-electron chi connectivity index (χ3n) is 4.50. The predicted molar refractivity (Wildman–Crippen MR) is 105 cm³/mol. The molecule has 1 atom stereocenters. The van der Waals surface area contributed by atoms with Gasteiger partial charge in [0.05, 0.1) is 11.0 Å². The average Bonchev–Trinajstić information content (AvgIpc) is 2.66. The Bertz CT molecular complexity index is 1080. The van der Waals surface area contributed by atoms with E-state index in [0.717, 1.165) is 5.56 Å². The van der Waals surface area contributed by atoms with Gasteiger partial charge in [-0.15, -0.1) is 0 Å². The minimum Gasteiger partial charge on any atom is -0.350 e. The molecule has 3 aromatic rings.